The van der Waals surface area contributed by atoms with Crippen molar-refractivity contribution >= 4 is 5.69 Å². The van der Waals surface area contributed by atoms with Crippen molar-refractivity contribution in [2.24, 2.45) is 11.8 Å². The highest BCUT2D eigenvalue weighted by Crippen LogP contribution is 2.41. The zero-order chi connectivity index (χ0) is 10.1. The topological polar surface area (TPSA) is 48.0 Å². The molecule has 2 unspecified atom stereocenters. The zero-order valence-corrected chi connectivity index (χ0v) is 8.44. The van der Waals surface area contributed by atoms with E-state index in [0.29, 0.717) is 5.69 Å². The third-order valence-corrected chi connectivity index (χ3v) is 3.05. The summed E-state index contributed by atoms with van der Waals surface area (Å²) in [5.41, 5.74) is 5.82. The predicted molar refractivity (Wildman–Crippen MR) is 57.0 cm³/mol. The van der Waals surface area contributed by atoms with Gasteiger partial charge in [0.15, 0.2) is 0 Å². The molecule has 14 heavy (non-hydrogen) atoms. The number of hydrogen-bond acceptors (Lipinski definition) is 2. The molecule has 0 amide bonds. The van der Waals surface area contributed by atoms with Crippen LogP contribution in [0.25, 0.3) is 0 Å². The molecule has 2 atom stereocenters. The zero-order valence-electron chi connectivity index (χ0n) is 8.44. The van der Waals surface area contributed by atoms with Crippen LogP contribution in [0.1, 0.15) is 19.8 Å². The van der Waals surface area contributed by atoms with E-state index in [1.807, 2.05) is 10.8 Å². The normalized spacial score (nSPS) is 24.9. The van der Waals surface area contributed by atoms with E-state index in [0.717, 1.165) is 18.4 Å². The minimum absolute atomic E-state index is 0.0795. The molecule has 1 fully saturated rings. The predicted octanol–water partition coefficient (Wildman–Crippen LogP) is 1.48. The van der Waals surface area contributed by atoms with Crippen LogP contribution in [-0.4, -0.2) is 4.57 Å². The van der Waals surface area contributed by atoms with E-state index in [1.165, 1.54) is 12.8 Å². The lowest BCUT2D eigenvalue weighted by atomic mass is 10.2. The summed E-state index contributed by atoms with van der Waals surface area (Å²) in [6, 6.07) is 1.54. The van der Waals surface area contributed by atoms with Crippen LogP contribution in [0.5, 0.6) is 0 Å². The summed E-state index contributed by atoms with van der Waals surface area (Å²) in [5, 5.41) is 0. The number of nitrogens with two attached hydrogens (primary N) is 1. The first-order valence-electron chi connectivity index (χ1n) is 5.16. The van der Waals surface area contributed by atoms with Gasteiger partial charge in [0.2, 0.25) is 5.43 Å². The highest BCUT2D eigenvalue weighted by Gasteiger charge is 2.34. The van der Waals surface area contributed by atoms with Crippen molar-refractivity contribution in [2.75, 3.05) is 5.73 Å². The van der Waals surface area contributed by atoms with Gasteiger partial charge in [-0.05, 0) is 18.3 Å². The Labute approximate surface area is 83.5 Å². The molecule has 0 spiro atoms. The Balaban J connectivity index is 2.04. The van der Waals surface area contributed by atoms with Crippen LogP contribution in [0.4, 0.5) is 5.69 Å². The van der Waals surface area contributed by atoms with Gasteiger partial charge in [-0.15, -0.1) is 0 Å². The van der Waals surface area contributed by atoms with Crippen molar-refractivity contribution in [1.29, 1.82) is 0 Å². The number of hydrogen-bond donors (Lipinski definition) is 1. The SMILES string of the molecule is CCC1CC1Cn1ccc(=O)c(N)c1. The highest BCUT2D eigenvalue weighted by molar-refractivity contribution is 5.33. The Hall–Kier alpha value is -1.25. The average Bonchev–Trinajstić information content (AvgIpc) is 2.90. The monoisotopic (exact) mass is 192 g/mol. The third-order valence-electron chi connectivity index (χ3n) is 3.05. The maximum absolute atomic E-state index is 11.1. The van der Waals surface area contributed by atoms with Gasteiger partial charge in [-0.2, -0.15) is 0 Å². The minimum atomic E-state index is -0.0795. The van der Waals surface area contributed by atoms with Gasteiger partial charge in [0.05, 0.1) is 5.69 Å². The van der Waals surface area contributed by atoms with Gasteiger partial charge >= 0.3 is 0 Å². The second-order valence-electron chi connectivity index (χ2n) is 4.13. The van der Waals surface area contributed by atoms with Crippen LogP contribution < -0.4 is 11.2 Å². The fourth-order valence-corrected chi connectivity index (χ4v) is 1.96. The van der Waals surface area contributed by atoms with Crippen LogP contribution in [0.15, 0.2) is 23.3 Å². The lowest BCUT2D eigenvalue weighted by Gasteiger charge is -2.05. The van der Waals surface area contributed by atoms with Crippen molar-refractivity contribution in [1.82, 2.24) is 4.57 Å². The van der Waals surface area contributed by atoms with E-state index in [9.17, 15) is 4.79 Å². The summed E-state index contributed by atoms with van der Waals surface area (Å²) in [7, 11) is 0. The Kier molecular flexibility index (Phi) is 2.32. The van der Waals surface area contributed by atoms with Gasteiger partial charge in [0.1, 0.15) is 0 Å². The molecule has 1 aromatic heterocycles. The Bertz CT molecular complexity index is 383. The summed E-state index contributed by atoms with van der Waals surface area (Å²) in [6.45, 7) is 3.23. The largest absolute Gasteiger partial charge is 0.394 e. The van der Waals surface area contributed by atoms with Gasteiger partial charge in [-0.25, -0.2) is 0 Å². The van der Waals surface area contributed by atoms with Crippen LogP contribution in [-0.2, 0) is 6.54 Å². The number of pyridine rings is 1. The fraction of sp³-hybridized carbons (Fsp3) is 0.545. The van der Waals surface area contributed by atoms with Crippen molar-refractivity contribution < 1.29 is 0 Å². The number of rotatable bonds is 3. The Morgan fingerprint density at radius 3 is 2.93 bits per heavy atom. The van der Waals surface area contributed by atoms with Gasteiger partial charge in [-0.3, -0.25) is 4.79 Å². The number of nitrogens with zero attached hydrogens (tertiary/aromatic N) is 1. The lowest BCUT2D eigenvalue weighted by molar-refractivity contribution is 0.568. The molecule has 1 aliphatic carbocycles. The highest BCUT2D eigenvalue weighted by atomic mass is 16.1. The molecule has 1 saturated carbocycles. The molecular formula is C11H16N2O. The number of aromatic nitrogens is 1. The molecule has 1 aromatic rings. The molecule has 0 bridgehead atoms. The number of nitrogen functional groups attached to an aromatic ring is 1. The van der Waals surface area contributed by atoms with E-state index >= 15 is 0 Å². The first kappa shape index (κ1) is 9.31. The molecule has 3 nitrogen and oxygen atoms in total. The van der Waals surface area contributed by atoms with Gasteiger partial charge in [0.25, 0.3) is 0 Å². The first-order valence-corrected chi connectivity index (χ1v) is 5.16. The Morgan fingerprint density at radius 2 is 2.36 bits per heavy atom. The van der Waals surface area contributed by atoms with Crippen LogP contribution in [0.2, 0.25) is 0 Å². The van der Waals surface area contributed by atoms with Gasteiger partial charge in [-0.1, -0.05) is 13.3 Å². The smallest absolute Gasteiger partial charge is 0.204 e. The van der Waals surface area contributed by atoms with Crippen molar-refractivity contribution in [2.45, 2.75) is 26.3 Å². The number of anilines is 1. The summed E-state index contributed by atoms with van der Waals surface area (Å²) in [6.07, 6.45) is 6.15. The van der Waals surface area contributed by atoms with Crippen LogP contribution in [0.3, 0.4) is 0 Å². The summed E-state index contributed by atoms with van der Waals surface area (Å²) < 4.78 is 2.02. The molecule has 76 valence electrons. The van der Waals surface area contributed by atoms with E-state index in [-0.39, 0.29) is 5.43 Å². The maximum Gasteiger partial charge on any atom is 0.204 e. The molecule has 0 saturated heterocycles. The molecule has 0 radical (unpaired) electrons. The average molecular weight is 192 g/mol. The quantitative estimate of drug-likeness (QED) is 0.788. The second-order valence-corrected chi connectivity index (χ2v) is 4.13. The first-order chi connectivity index (χ1) is 6.70. The minimum Gasteiger partial charge on any atom is -0.394 e. The summed E-state index contributed by atoms with van der Waals surface area (Å²) in [5.74, 6) is 1.68. The summed E-state index contributed by atoms with van der Waals surface area (Å²) >= 11 is 0. The van der Waals surface area contributed by atoms with E-state index in [2.05, 4.69) is 6.92 Å². The molecule has 0 aliphatic heterocycles. The van der Waals surface area contributed by atoms with Crippen molar-refractivity contribution in [3.8, 4) is 0 Å². The van der Waals surface area contributed by atoms with E-state index < -0.39 is 0 Å². The molecule has 2 N–H and O–H groups in total. The fourth-order valence-electron chi connectivity index (χ4n) is 1.96. The summed E-state index contributed by atoms with van der Waals surface area (Å²) in [4.78, 5) is 11.1. The molecule has 2 rings (SSSR count). The third kappa shape index (κ3) is 1.81. The molecule has 1 heterocycles. The molecule has 3 heteroatoms. The van der Waals surface area contributed by atoms with Gasteiger partial charge in [0, 0.05) is 25.0 Å². The van der Waals surface area contributed by atoms with Crippen molar-refractivity contribution in [3.63, 3.8) is 0 Å². The molecule has 0 aromatic carbocycles. The molecular weight excluding hydrogens is 176 g/mol. The Morgan fingerprint density at radius 1 is 1.57 bits per heavy atom. The second kappa shape index (κ2) is 3.48. The van der Waals surface area contributed by atoms with Gasteiger partial charge < -0.3 is 10.3 Å². The van der Waals surface area contributed by atoms with E-state index in [4.69, 9.17) is 5.73 Å². The van der Waals surface area contributed by atoms with Crippen molar-refractivity contribution in [3.05, 3.63) is 28.7 Å². The standard InChI is InChI=1S/C11H16N2O/c1-2-8-5-9(8)6-13-4-3-11(14)10(12)7-13/h3-4,7-9H,2,5-6,12H2,1H3. The lowest BCUT2D eigenvalue weighted by Crippen LogP contribution is -2.11. The van der Waals surface area contributed by atoms with Crippen LogP contribution in [0, 0.1) is 11.8 Å². The maximum atomic E-state index is 11.1. The van der Waals surface area contributed by atoms with E-state index in [1.54, 1.807) is 12.3 Å². The van der Waals surface area contributed by atoms with Crippen LogP contribution >= 0.6 is 0 Å². The molecule has 1 aliphatic rings.